The van der Waals surface area contributed by atoms with Gasteiger partial charge in [-0.3, -0.25) is 10.1 Å². The second kappa shape index (κ2) is 6.33. The van der Waals surface area contributed by atoms with Gasteiger partial charge in [-0.15, -0.1) is 0 Å². The van der Waals surface area contributed by atoms with Crippen LogP contribution in [0.15, 0.2) is 36.4 Å². The molecule has 6 heteroatoms. The van der Waals surface area contributed by atoms with Crippen molar-refractivity contribution in [3.63, 3.8) is 0 Å². The highest BCUT2D eigenvalue weighted by Gasteiger charge is 2.16. The van der Waals surface area contributed by atoms with Crippen LogP contribution in [0.3, 0.4) is 0 Å². The fraction of sp³-hybridized carbons (Fsp3) is 0.200. The highest BCUT2D eigenvalue weighted by Crippen LogP contribution is 2.32. The molecule has 2 rings (SSSR count). The summed E-state index contributed by atoms with van der Waals surface area (Å²) in [5.41, 5.74) is 2.46. The van der Waals surface area contributed by atoms with Gasteiger partial charge in [-0.2, -0.15) is 0 Å². The summed E-state index contributed by atoms with van der Waals surface area (Å²) in [4.78, 5) is 10.4. The van der Waals surface area contributed by atoms with E-state index in [1.807, 2.05) is 31.2 Å². The van der Waals surface area contributed by atoms with Gasteiger partial charge < -0.3 is 5.32 Å². The Balaban J connectivity index is 2.27. The van der Waals surface area contributed by atoms with E-state index in [0.717, 1.165) is 16.8 Å². The van der Waals surface area contributed by atoms with Crippen molar-refractivity contribution in [2.75, 3.05) is 5.32 Å². The molecule has 0 heterocycles. The summed E-state index contributed by atoms with van der Waals surface area (Å²) in [7, 11) is 0. The third kappa shape index (κ3) is 3.65. The molecule has 0 aliphatic heterocycles. The molecule has 2 aromatic carbocycles. The number of nitro groups is 1. The van der Waals surface area contributed by atoms with Crippen LogP contribution in [0.25, 0.3) is 0 Å². The van der Waals surface area contributed by atoms with Gasteiger partial charge in [-0.25, -0.2) is 0 Å². The second-order valence-electron chi connectivity index (χ2n) is 4.80. The smallest absolute Gasteiger partial charge is 0.288 e. The Bertz CT molecular complexity index is 689. The van der Waals surface area contributed by atoms with Gasteiger partial charge in [0.2, 0.25) is 0 Å². The molecular formula is C15H14Cl2N2O2. The Labute approximate surface area is 132 Å². The standard InChI is InChI=1S/C15H14Cl2N2O2/c1-9-6-15(19(20)21)13(17)8-14(9)18-10(2)11-4-3-5-12(16)7-11/h3-8,10,18H,1-2H3. The number of nitrogens with one attached hydrogen (secondary N) is 1. The number of rotatable bonds is 4. The van der Waals surface area contributed by atoms with E-state index in [4.69, 9.17) is 23.2 Å². The van der Waals surface area contributed by atoms with Crippen molar-refractivity contribution in [2.45, 2.75) is 19.9 Å². The zero-order valence-electron chi connectivity index (χ0n) is 11.6. The number of anilines is 1. The monoisotopic (exact) mass is 324 g/mol. The Morgan fingerprint density at radius 1 is 1.24 bits per heavy atom. The molecule has 4 nitrogen and oxygen atoms in total. The molecule has 0 saturated carbocycles. The quantitative estimate of drug-likeness (QED) is 0.606. The van der Waals surface area contributed by atoms with Crippen molar-refractivity contribution in [1.82, 2.24) is 0 Å². The Morgan fingerprint density at radius 3 is 2.57 bits per heavy atom. The topological polar surface area (TPSA) is 55.2 Å². The van der Waals surface area contributed by atoms with Crippen molar-refractivity contribution >= 4 is 34.6 Å². The summed E-state index contributed by atoms with van der Waals surface area (Å²) in [6.45, 7) is 3.79. The minimum Gasteiger partial charge on any atom is -0.378 e. The fourth-order valence-corrected chi connectivity index (χ4v) is 2.49. The molecule has 0 saturated heterocycles. The highest BCUT2D eigenvalue weighted by atomic mass is 35.5. The first kappa shape index (κ1) is 15.6. The van der Waals surface area contributed by atoms with Crippen LogP contribution in [0.5, 0.6) is 0 Å². The number of aryl methyl sites for hydroxylation is 1. The molecule has 0 aliphatic carbocycles. The van der Waals surface area contributed by atoms with Gasteiger partial charge in [-0.05, 0) is 43.2 Å². The Kier molecular flexibility index (Phi) is 4.70. The average Bonchev–Trinajstić information content (AvgIpc) is 2.42. The molecule has 110 valence electrons. The van der Waals surface area contributed by atoms with E-state index < -0.39 is 4.92 Å². The molecule has 0 radical (unpaired) electrons. The predicted octanol–water partition coefficient (Wildman–Crippen LogP) is 5.38. The molecule has 21 heavy (non-hydrogen) atoms. The Hall–Kier alpha value is -1.78. The summed E-state index contributed by atoms with van der Waals surface area (Å²) in [6, 6.07) is 10.6. The number of nitrogens with zero attached hydrogens (tertiary/aromatic N) is 1. The largest absolute Gasteiger partial charge is 0.378 e. The lowest BCUT2D eigenvalue weighted by molar-refractivity contribution is -0.384. The molecule has 0 amide bonds. The molecule has 0 aromatic heterocycles. The zero-order valence-corrected chi connectivity index (χ0v) is 13.1. The molecule has 1 atom stereocenters. The zero-order chi connectivity index (χ0) is 15.6. The van der Waals surface area contributed by atoms with Crippen LogP contribution in [0, 0.1) is 17.0 Å². The van der Waals surface area contributed by atoms with Gasteiger partial charge in [0, 0.05) is 22.8 Å². The maximum Gasteiger partial charge on any atom is 0.288 e. The fourth-order valence-electron chi connectivity index (χ4n) is 2.05. The number of halogens is 2. The van der Waals surface area contributed by atoms with Gasteiger partial charge in [0.15, 0.2) is 0 Å². The van der Waals surface area contributed by atoms with Crippen LogP contribution < -0.4 is 5.32 Å². The average molecular weight is 325 g/mol. The molecule has 1 unspecified atom stereocenters. The SMILES string of the molecule is Cc1cc([N+](=O)[O-])c(Cl)cc1NC(C)c1cccc(Cl)c1. The first-order valence-electron chi connectivity index (χ1n) is 6.35. The number of nitro benzene ring substituents is 1. The third-order valence-electron chi connectivity index (χ3n) is 3.21. The molecule has 0 bridgehead atoms. The van der Waals surface area contributed by atoms with E-state index in [1.54, 1.807) is 13.0 Å². The van der Waals surface area contributed by atoms with Crippen LogP contribution in [-0.2, 0) is 0 Å². The number of benzene rings is 2. The summed E-state index contributed by atoms with van der Waals surface area (Å²) < 4.78 is 0. The van der Waals surface area contributed by atoms with Crippen LogP contribution >= 0.6 is 23.2 Å². The van der Waals surface area contributed by atoms with E-state index in [1.165, 1.54) is 6.07 Å². The molecule has 2 aromatic rings. The van der Waals surface area contributed by atoms with Crippen molar-refractivity contribution in [3.05, 3.63) is 67.7 Å². The maximum absolute atomic E-state index is 10.9. The van der Waals surface area contributed by atoms with E-state index in [2.05, 4.69) is 5.32 Å². The van der Waals surface area contributed by atoms with E-state index in [-0.39, 0.29) is 16.8 Å². The van der Waals surface area contributed by atoms with Crippen LogP contribution in [0.1, 0.15) is 24.1 Å². The van der Waals surface area contributed by atoms with Crippen molar-refractivity contribution < 1.29 is 4.92 Å². The van der Waals surface area contributed by atoms with Crippen LogP contribution in [0.4, 0.5) is 11.4 Å². The highest BCUT2D eigenvalue weighted by molar-refractivity contribution is 6.33. The van der Waals surface area contributed by atoms with E-state index in [0.29, 0.717) is 5.02 Å². The summed E-state index contributed by atoms with van der Waals surface area (Å²) in [5.74, 6) is 0. The lowest BCUT2D eigenvalue weighted by Crippen LogP contribution is -2.08. The first-order valence-corrected chi connectivity index (χ1v) is 7.10. The molecular weight excluding hydrogens is 311 g/mol. The van der Waals surface area contributed by atoms with Crippen LogP contribution in [-0.4, -0.2) is 4.92 Å². The summed E-state index contributed by atoms with van der Waals surface area (Å²) in [5, 5.41) is 14.9. The van der Waals surface area contributed by atoms with Gasteiger partial charge in [0.05, 0.1) is 4.92 Å². The van der Waals surface area contributed by atoms with Gasteiger partial charge in [-0.1, -0.05) is 35.3 Å². The van der Waals surface area contributed by atoms with Crippen molar-refractivity contribution in [1.29, 1.82) is 0 Å². The minimum atomic E-state index is -0.487. The lowest BCUT2D eigenvalue weighted by Gasteiger charge is -2.18. The molecule has 0 fully saturated rings. The normalized spacial score (nSPS) is 12.0. The third-order valence-corrected chi connectivity index (χ3v) is 3.75. The molecule has 1 N–H and O–H groups in total. The first-order chi connectivity index (χ1) is 9.88. The van der Waals surface area contributed by atoms with E-state index >= 15 is 0 Å². The van der Waals surface area contributed by atoms with Gasteiger partial charge >= 0.3 is 0 Å². The van der Waals surface area contributed by atoms with Crippen molar-refractivity contribution in [2.24, 2.45) is 0 Å². The second-order valence-corrected chi connectivity index (χ2v) is 5.64. The summed E-state index contributed by atoms with van der Waals surface area (Å²) >= 11 is 11.9. The lowest BCUT2D eigenvalue weighted by atomic mass is 10.1. The number of hydrogen-bond acceptors (Lipinski definition) is 3. The van der Waals surface area contributed by atoms with Gasteiger partial charge in [0.1, 0.15) is 5.02 Å². The van der Waals surface area contributed by atoms with E-state index in [9.17, 15) is 10.1 Å². The molecule has 0 aliphatic rings. The van der Waals surface area contributed by atoms with Crippen LogP contribution in [0.2, 0.25) is 10.0 Å². The maximum atomic E-state index is 10.9. The predicted molar refractivity (Wildman–Crippen MR) is 86.3 cm³/mol. The summed E-state index contributed by atoms with van der Waals surface area (Å²) in [6.07, 6.45) is 0. The Morgan fingerprint density at radius 2 is 1.95 bits per heavy atom. The van der Waals surface area contributed by atoms with Crippen molar-refractivity contribution in [3.8, 4) is 0 Å². The number of hydrogen-bond donors (Lipinski definition) is 1. The van der Waals surface area contributed by atoms with Gasteiger partial charge in [0.25, 0.3) is 5.69 Å². The minimum absolute atomic E-state index is 0.0000715. The molecule has 0 spiro atoms.